The second-order valence-corrected chi connectivity index (χ2v) is 9.40. The lowest BCUT2D eigenvalue weighted by atomic mass is 9.87. The number of aromatic nitrogens is 2. The highest BCUT2D eigenvalue weighted by atomic mass is 16.5. The normalized spacial score (nSPS) is 11.2. The Morgan fingerprint density at radius 3 is 2.60 bits per heavy atom. The first-order valence-electron chi connectivity index (χ1n) is 11.5. The number of carbonyl (C=O) groups is 1. The summed E-state index contributed by atoms with van der Waals surface area (Å²) in [5.41, 5.74) is 6.08. The van der Waals surface area contributed by atoms with Crippen LogP contribution in [0.2, 0.25) is 0 Å². The summed E-state index contributed by atoms with van der Waals surface area (Å²) in [6, 6.07) is 19.3. The van der Waals surface area contributed by atoms with Gasteiger partial charge in [-0.2, -0.15) is 0 Å². The molecule has 0 atom stereocenters. The third-order valence-electron chi connectivity index (χ3n) is 5.74. The number of hydrogen-bond donors (Lipinski definition) is 2. The molecule has 4 aromatic rings. The molecule has 0 fully saturated rings. The van der Waals surface area contributed by atoms with Crippen LogP contribution in [0.4, 0.5) is 11.4 Å². The number of hydrogen-bond acceptors (Lipinski definition) is 6. The Balaban J connectivity index is 1.53. The highest BCUT2D eigenvalue weighted by Gasteiger charge is 2.17. The van der Waals surface area contributed by atoms with E-state index in [1.807, 2.05) is 37.3 Å². The Hall–Kier alpha value is -4.13. The second kappa shape index (κ2) is 10.0. The monoisotopic (exact) mass is 470 g/mol. The lowest BCUT2D eigenvalue weighted by Crippen LogP contribution is -2.23. The van der Waals surface area contributed by atoms with E-state index in [-0.39, 0.29) is 17.9 Å². The van der Waals surface area contributed by atoms with Crippen LogP contribution >= 0.6 is 0 Å². The molecule has 35 heavy (non-hydrogen) atoms. The number of rotatable bonds is 7. The number of amides is 1. The summed E-state index contributed by atoms with van der Waals surface area (Å²) in [6.07, 6.45) is 1.58. The first-order valence-corrected chi connectivity index (χ1v) is 11.5. The number of anilines is 2. The minimum Gasteiger partial charge on any atom is -0.495 e. The molecule has 1 amide bonds. The molecule has 2 heterocycles. The maximum atomic E-state index is 12.3. The number of ether oxygens (including phenoxy) is 1. The summed E-state index contributed by atoms with van der Waals surface area (Å²) in [4.78, 5) is 16.3. The fourth-order valence-corrected chi connectivity index (χ4v) is 3.68. The molecule has 2 N–H and O–H groups in total. The van der Waals surface area contributed by atoms with E-state index >= 15 is 0 Å². The number of methoxy groups -OCH3 is 1. The van der Waals surface area contributed by atoms with Crippen molar-refractivity contribution < 1.29 is 14.1 Å². The number of nitrogens with one attached hydrogen (secondary N) is 2. The molecule has 0 spiro atoms. The standard InChI is InChI=1S/C28H30N4O3/c1-18-9-11-20(31-25-14-19(28(2,3)4)10-12-26(25)34-5)15-22(18)24-16-21(35-32-24)17-30-27(33)23-8-6-7-13-29-23/h6-16,31H,17H2,1-5H3,(H,30,33). The number of benzene rings is 2. The molecule has 0 bridgehead atoms. The summed E-state index contributed by atoms with van der Waals surface area (Å²) in [5, 5.41) is 10.5. The van der Waals surface area contributed by atoms with Gasteiger partial charge in [-0.05, 0) is 59.9 Å². The van der Waals surface area contributed by atoms with Crippen LogP contribution in [-0.4, -0.2) is 23.2 Å². The zero-order valence-corrected chi connectivity index (χ0v) is 20.7. The van der Waals surface area contributed by atoms with Gasteiger partial charge in [-0.15, -0.1) is 0 Å². The predicted molar refractivity (Wildman–Crippen MR) is 137 cm³/mol. The summed E-state index contributed by atoms with van der Waals surface area (Å²) < 4.78 is 11.1. The van der Waals surface area contributed by atoms with Crippen LogP contribution in [0.3, 0.4) is 0 Å². The highest BCUT2D eigenvalue weighted by Crippen LogP contribution is 2.35. The zero-order valence-electron chi connectivity index (χ0n) is 20.7. The van der Waals surface area contributed by atoms with E-state index in [1.54, 1.807) is 31.5 Å². The number of carbonyl (C=O) groups excluding carboxylic acids is 1. The number of aryl methyl sites for hydroxylation is 1. The van der Waals surface area contributed by atoms with Gasteiger partial charge in [-0.3, -0.25) is 9.78 Å². The summed E-state index contributed by atoms with van der Waals surface area (Å²) in [7, 11) is 1.67. The highest BCUT2D eigenvalue weighted by molar-refractivity contribution is 5.92. The fourth-order valence-electron chi connectivity index (χ4n) is 3.68. The quantitative estimate of drug-likeness (QED) is 0.343. The average Bonchev–Trinajstić information content (AvgIpc) is 3.32. The summed E-state index contributed by atoms with van der Waals surface area (Å²) in [5.74, 6) is 1.06. The molecule has 0 unspecified atom stereocenters. The van der Waals surface area contributed by atoms with Crippen LogP contribution < -0.4 is 15.4 Å². The van der Waals surface area contributed by atoms with Gasteiger partial charge in [0.1, 0.15) is 17.1 Å². The van der Waals surface area contributed by atoms with Crippen LogP contribution in [-0.2, 0) is 12.0 Å². The molecule has 0 aliphatic rings. The lowest BCUT2D eigenvalue weighted by molar-refractivity contribution is 0.0942. The van der Waals surface area contributed by atoms with Gasteiger partial charge < -0.3 is 19.9 Å². The smallest absolute Gasteiger partial charge is 0.270 e. The first-order chi connectivity index (χ1) is 16.7. The topological polar surface area (TPSA) is 89.3 Å². The molecule has 0 saturated carbocycles. The van der Waals surface area contributed by atoms with Crippen molar-refractivity contribution in [2.45, 2.75) is 39.7 Å². The molecular formula is C28H30N4O3. The van der Waals surface area contributed by atoms with Crippen LogP contribution in [0, 0.1) is 6.92 Å². The van der Waals surface area contributed by atoms with E-state index in [2.05, 4.69) is 53.7 Å². The van der Waals surface area contributed by atoms with Crippen molar-refractivity contribution in [1.82, 2.24) is 15.5 Å². The number of nitrogens with zero attached hydrogens (tertiary/aromatic N) is 2. The molecule has 0 saturated heterocycles. The van der Waals surface area contributed by atoms with Gasteiger partial charge in [0.05, 0.1) is 19.3 Å². The summed E-state index contributed by atoms with van der Waals surface area (Å²) >= 11 is 0. The molecular weight excluding hydrogens is 440 g/mol. The van der Waals surface area contributed by atoms with Gasteiger partial charge in [0.15, 0.2) is 5.76 Å². The Kier molecular flexibility index (Phi) is 6.87. The third-order valence-corrected chi connectivity index (χ3v) is 5.74. The van der Waals surface area contributed by atoms with Gasteiger partial charge in [0.2, 0.25) is 0 Å². The van der Waals surface area contributed by atoms with Gasteiger partial charge in [0, 0.05) is 23.5 Å². The molecule has 2 aromatic carbocycles. The minimum absolute atomic E-state index is 0.0181. The maximum Gasteiger partial charge on any atom is 0.270 e. The van der Waals surface area contributed by atoms with Gasteiger partial charge in [0.25, 0.3) is 5.91 Å². The van der Waals surface area contributed by atoms with Crippen LogP contribution in [0.1, 0.15) is 48.1 Å². The predicted octanol–water partition coefficient (Wildman–Crippen LogP) is 6.02. The molecule has 7 nitrogen and oxygen atoms in total. The molecule has 0 radical (unpaired) electrons. The SMILES string of the molecule is COc1ccc(C(C)(C)C)cc1Nc1ccc(C)c(-c2cc(CNC(=O)c3ccccn3)on2)c1. The van der Waals surface area contributed by atoms with Gasteiger partial charge >= 0.3 is 0 Å². The van der Waals surface area contributed by atoms with Crippen molar-refractivity contribution in [3.05, 3.63) is 89.4 Å². The van der Waals surface area contributed by atoms with Crippen LogP contribution in [0.5, 0.6) is 5.75 Å². The Bertz CT molecular complexity index is 1320. The summed E-state index contributed by atoms with van der Waals surface area (Å²) in [6.45, 7) is 8.80. The zero-order chi connectivity index (χ0) is 25.0. The van der Waals surface area contributed by atoms with Crippen LogP contribution in [0.25, 0.3) is 11.3 Å². The van der Waals surface area contributed by atoms with Crippen molar-refractivity contribution in [2.24, 2.45) is 0 Å². The average molecular weight is 471 g/mol. The van der Waals surface area contributed by atoms with E-state index < -0.39 is 0 Å². The van der Waals surface area contributed by atoms with E-state index in [0.717, 1.165) is 28.3 Å². The second-order valence-electron chi connectivity index (χ2n) is 9.40. The van der Waals surface area contributed by atoms with E-state index in [0.29, 0.717) is 17.1 Å². The molecule has 0 aliphatic heterocycles. The van der Waals surface area contributed by atoms with Crippen molar-refractivity contribution >= 4 is 17.3 Å². The molecule has 180 valence electrons. The number of pyridine rings is 1. The van der Waals surface area contributed by atoms with E-state index in [4.69, 9.17) is 9.26 Å². The van der Waals surface area contributed by atoms with Crippen molar-refractivity contribution in [3.8, 4) is 17.0 Å². The van der Waals surface area contributed by atoms with Crippen molar-refractivity contribution in [1.29, 1.82) is 0 Å². The minimum atomic E-state index is -0.266. The molecule has 7 heteroatoms. The molecule has 0 aliphatic carbocycles. The first kappa shape index (κ1) is 24.0. The molecule has 2 aromatic heterocycles. The fraction of sp³-hybridized carbons (Fsp3) is 0.250. The Labute approximate surface area is 205 Å². The van der Waals surface area contributed by atoms with E-state index in [9.17, 15) is 4.79 Å². The van der Waals surface area contributed by atoms with Crippen molar-refractivity contribution in [2.75, 3.05) is 12.4 Å². The Morgan fingerprint density at radius 2 is 1.89 bits per heavy atom. The maximum absolute atomic E-state index is 12.3. The van der Waals surface area contributed by atoms with Crippen molar-refractivity contribution in [3.63, 3.8) is 0 Å². The molecule has 4 rings (SSSR count). The van der Waals surface area contributed by atoms with Gasteiger partial charge in [-0.1, -0.05) is 44.1 Å². The van der Waals surface area contributed by atoms with Gasteiger partial charge in [-0.25, -0.2) is 0 Å². The van der Waals surface area contributed by atoms with E-state index in [1.165, 1.54) is 5.56 Å². The lowest BCUT2D eigenvalue weighted by Gasteiger charge is -2.21. The third kappa shape index (κ3) is 5.69. The van der Waals surface area contributed by atoms with Crippen LogP contribution in [0.15, 0.2) is 71.4 Å². The largest absolute Gasteiger partial charge is 0.495 e. The Morgan fingerprint density at radius 1 is 1.06 bits per heavy atom.